The minimum atomic E-state index is -0.757. The lowest BCUT2D eigenvalue weighted by Crippen LogP contribution is -2.08. The number of nitro benzene ring substituents is 1. The highest BCUT2D eigenvalue weighted by Crippen LogP contribution is 2.27. The molecule has 0 radical (unpaired) electrons. The fraction of sp³-hybridized carbons (Fsp3) is 0.133. The number of esters is 1. The van der Waals surface area contributed by atoms with E-state index < -0.39 is 17.0 Å². The van der Waals surface area contributed by atoms with Crippen LogP contribution in [0.1, 0.15) is 28.6 Å². The number of carbonyl (C=O) groups is 1. The van der Waals surface area contributed by atoms with E-state index in [0.29, 0.717) is 14.8 Å². The summed E-state index contributed by atoms with van der Waals surface area (Å²) in [6.07, 6.45) is -0.757. The van der Waals surface area contributed by atoms with Crippen LogP contribution in [0.2, 0.25) is 4.34 Å². The molecule has 1 atom stereocenters. The molecule has 0 unspecified atom stereocenters. The highest BCUT2D eigenvalue weighted by molar-refractivity contribution is 7.17. The predicted octanol–water partition coefficient (Wildman–Crippen LogP) is 4.28. The molecule has 0 N–H and O–H groups in total. The van der Waals surface area contributed by atoms with Gasteiger partial charge in [0.2, 0.25) is 5.89 Å². The summed E-state index contributed by atoms with van der Waals surface area (Å²) < 4.78 is 11.2. The van der Waals surface area contributed by atoms with Gasteiger partial charge in [-0.25, -0.2) is 4.79 Å². The molecule has 10 heteroatoms. The summed E-state index contributed by atoms with van der Waals surface area (Å²) in [6, 6.07) is 8.84. The molecule has 25 heavy (non-hydrogen) atoms. The standard InChI is InChI=1S/C15H10ClN3O5S/c1-8(23-15(20)11-6-7-12(16)25-11)13-17-18-14(24-13)9-2-4-10(5-3-9)19(21)22/h2-8H,1H3/t8-/m0/s1. The van der Waals surface area contributed by atoms with Crippen LogP contribution in [-0.2, 0) is 4.74 Å². The molecule has 0 aliphatic rings. The van der Waals surface area contributed by atoms with Crippen LogP contribution in [0.4, 0.5) is 5.69 Å². The molecule has 0 spiro atoms. The predicted molar refractivity (Wildman–Crippen MR) is 89.5 cm³/mol. The third-order valence-corrected chi connectivity index (χ3v) is 4.38. The zero-order valence-electron chi connectivity index (χ0n) is 12.7. The average Bonchev–Trinajstić information content (AvgIpc) is 3.24. The lowest BCUT2D eigenvalue weighted by molar-refractivity contribution is -0.384. The van der Waals surface area contributed by atoms with Crippen LogP contribution >= 0.6 is 22.9 Å². The van der Waals surface area contributed by atoms with Gasteiger partial charge in [0, 0.05) is 17.7 Å². The SMILES string of the molecule is C[C@H](OC(=O)c1ccc(Cl)s1)c1nnc(-c2ccc([N+](=O)[O-])cc2)o1. The summed E-state index contributed by atoms with van der Waals surface area (Å²) in [5, 5.41) is 18.4. The molecular weight excluding hydrogens is 370 g/mol. The van der Waals surface area contributed by atoms with Crippen LogP contribution in [0.3, 0.4) is 0 Å². The van der Waals surface area contributed by atoms with Crippen molar-refractivity contribution < 1.29 is 18.9 Å². The second kappa shape index (κ2) is 6.99. The summed E-state index contributed by atoms with van der Waals surface area (Å²) in [7, 11) is 0. The maximum Gasteiger partial charge on any atom is 0.349 e. The molecule has 2 aromatic heterocycles. The van der Waals surface area contributed by atoms with E-state index in [1.165, 1.54) is 24.3 Å². The number of nitro groups is 1. The molecule has 0 aliphatic carbocycles. The van der Waals surface area contributed by atoms with Crippen molar-refractivity contribution in [1.82, 2.24) is 10.2 Å². The van der Waals surface area contributed by atoms with Gasteiger partial charge in [-0.2, -0.15) is 0 Å². The Labute approximate surface area is 150 Å². The number of halogens is 1. The van der Waals surface area contributed by atoms with Crippen molar-refractivity contribution in [3.63, 3.8) is 0 Å². The number of hydrogen-bond donors (Lipinski definition) is 0. The van der Waals surface area contributed by atoms with Crippen molar-refractivity contribution in [3.05, 3.63) is 61.6 Å². The first-order valence-corrected chi connectivity index (χ1v) is 8.18. The van der Waals surface area contributed by atoms with Crippen LogP contribution in [0.25, 0.3) is 11.5 Å². The quantitative estimate of drug-likeness (QED) is 0.369. The summed E-state index contributed by atoms with van der Waals surface area (Å²) in [5.41, 5.74) is 0.480. The number of aromatic nitrogens is 2. The zero-order valence-corrected chi connectivity index (χ0v) is 14.3. The molecule has 0 saturated carbocycles. The highest BCUT2D eigenvalue weighted by atomic mass is 35.5. The van der Waals surface area contributed by atoms with Gasteiger partial charge in [0.1, 0.15) is 4.88 Å². The van der Waals surface area contributed by atoms with Gasteiger partial charge < -0.3 is 9.15 Å². The summed E-state index contributed by atoms with van der Waals surface area (Å²) in [6.45, 7) is 1.60. The Hall–Kier alpha value is -2.78. The van der Waals surface area contributed by atoms with Crippen molar-refractivity contribution in [2.75, 3.05) is 0 Å². The number of benzene rings is 1. The van der Waals surface area contributed by atoms with Gasteiger partial charge in [0.25, 0.3) is 11.6 Å². The van der Waals surface area contributed by atoms with Gasteiger partial charge in [-0.3, -0.25) is 10.1 Å². The molecule has 3 aromatic rings. The first kappa shape index (κ1) is 17.1. The summed E-state index contributed by atoms with van der Waals surface area (Å²) >= 11 is 6.90. The average molecular weight is 380 g/mol. The van der Waals surface area contributed by atoms with Crippen molar-refractivity contribution >= 4 is 34.6 Å². The lowest BCUT2D eigenvalue weighted by Gasteiger charge is -2.07. The van der Waals surface area contributed by atoms with Crippen LogP contribution in [0.15, 0.2) is 40.8 Å². The van der Waals surface area contributed by atoms with E-state index in [1.54, 1.807) is 19.1 Å². The van der Waals surface area contributed by atoms with Crippen LogP contribution < -0.4 is 0 Å². The van der Waals surface area contributed by atoms with E-state index in [4.69, 9.17) is 20.8 Å². The molecular formula is C15H10ClN3O5S. The van der Waals surface area contributed by atoms with Crippen molar-refractivity contribution in [1.29, 1.82) is 0 Å². The second-order valence-electron chi connectivity index (χ2n) is 4.90. The number of carbonyl (C=O) groups excluding carboxylic acids is 1. The molecule has 0 saturated heterocycles. The first-order valence-electron chi connectivity index (χ1n) is 6.98. The zero-order chi connectivity index (χ0) is 18.0. The Kier molecular flexibility index (Phi) is 4.77. The molecule has 3 rings (SSSR count). The Morgan fingerprint density at radius 2 is 2.00 bits per heavy atom. The van der Waals surface area contributed by atoms with E-state index >= 15 is 0 Å². The van der Waals surface area contributed by atoms with Gasteiger partial charge >= 0.3 is 5.97 Å². The van der Waals surface area contributed by atoms with E-state index in [2.05, 4.69) is 10.2 Å². The Morgan fingerprint density at radius 1 is 1.28 bits per heavy atom. The molecule has 0 amide bonds. The molecule has 8 nitrogen and oxygen atoms in total. The van der Waals surface area contributed by atoms with Crippen molar-refractivity contribution in [2.24, 2.45) is 0 Å². The van der Waals surface area contributed by atoms with Crippen LogP contribution in [0.5, 0.6) is 0 Å². The second-order valence-corrected chi connectivity index (χ2v) is 6.62. The minimum Gasteiger partial charge on any atom is -0.448 e. The third kappa shape index (κ3) is 3.83. The number of thiophene rings is 1. The minimum absolute atomic E-state index is 0.0413. The molecule has 128 valence electrons. The molecule has 2 heterocycles. The number of non-ortho nitro benzene ring substituents is 1. The van der Waals surface area contributed by atoms with Crippen LogP contribution in [-0.4, -0.2) is 21.1 Å². The molecule has 1 aromatic carbocycles. The van der Waals surface area contributed by atoms with E-state index in [-0.39, 0.29) is 17.5 Å². The maximum atomic E-state index is 12.0. The number of rotatable bonds is 5. The van der Waals surface area contributed by atoms with Gasteiger partial charge in [-0.1, -0.05) is 11.6 Å². The number of ether oxygens (including phenoxy) is 1. The fourth-order valence-corrected chi connectivity index (χ4v) is 2.86. The summed E-state index contributed by atoms with van der Waals surface area (Å²) in [4.78, 5) is 22.5. The summed E-state index contributed by atoms with van der Waals surface area (Å²) in [5.74, 6) is -0.254. The Morgan fingerprint density at radius 3 is 2.60 bits per heavy atom. The van der Waals surface area contributed by atoms with Gasteiger partial charge in [0.15, 0.2) is 6.10 Å². The topological polar surface area (TPSA) is 108 Å². The van der Waals surface area contributed by atoms with E-state index in [0.717, 1.165) is 11.3 Å². The largest absolute Gasteiger partial charge is 0.448 e. The van der Waals surface area contributed by atoms with Gasteiger partial charge in [-0.15, -0.1) is 21.5 Å². The highest BCUT2D eigenvalue weighted by Gasteiger charge is 2.21. The van der Waals surface area contributed by atoms with Gasteiger partial charge in [0.05, 0.1) is 9.26 Å². The number of hydrogen-bond acceptors (Lipinski definition) is 8. The maximum absolute atomic E-state index is 12.0. The van der Waals surface area contributed by atoms with Gasteiger partial charge in [-0.05, 0) is 31.2 Å². The van der Waals surface area contributed by atoms with E-state index in [9.17, 15) is 14.9 Å². The molecule has 0 fully saturated rings. The normalized spacial score (nSPS) is 11.9. The Bertz CT molecular complexity index is 921. The number of nitrogens with zero attached hydrogens (tertiary/aromatic N) is 3. The third-order valence-electron chi connectivity index (χ3n) is 3.17. The molecule has 0 aliphatic heterocycles. The fourth-order valence-electron chi connectivity index (χ4n) is 1.93. The lowest BCUT2D eigenvalue weighted by atomic mass is 10.2. The van der Waals surface area contributed by atoms with E-state index in [1.807, 2.05) is 0 Å². The monoisotopic (exact) mass is 379 g/mol. The van der Waals surface area contributed by atoms with Crippen LogP contribution in [0, 0.1) is 10.1 Å². The van der Waals surface area contributed by atoms with Crippen molar-refractivity contribution in [2.45, 2.75) is 13.0 Å². The first-order chi connectivity index (χ1) is 11.9. The smallest absolute Gasteiger partial charge is 0.349 e. The van der Waals surface area contributed by atoms with Crippen molar-refractivity contribution in [3.8, 4) is 11.5 Å². The molecule has 0 bridgehead atoms. The Balaban J connectivity index is 1.72.